The van der Waals surface area contributed by atoms with E-state index in [1.165, 1.54) is 0 Å². The van der Waals surface area contributed by atoms with E-state index in [1.54, 1.807) is 48.1 Å². The lowest BCUT2D eigenvalue weighted by Gasteiger charge is -2.11. The maximum atomic E-state index is 11.8. The van der Waals surface area contributed by atoms with Crippen LogP contribution >= 0.6 is 0 Å². The Balaban J connectivity index is 2.19. The molecule has 0 aliphatic carbocycles. The zero-order valence-electron chi connectivity index (χ0n) is 13.9. The van der Waals surface area contributed by atoms with Gasteiger partial charge in [0, 0.05) is 11.3 Å². The van der Waals surface area contributed by atoms with Gasteiger partial charge in [-0.15, -0.1) is 10.2 Å². The van der Waals surface area contributed by atoms with Gasteiger partial charge in [-0.2, -0.15) is 0 Å². The minimum atomic E-state index is -0.677. The fourth-order valence-electron chi connectivity index (χ4n) is 2.61. The van der Waals surface area contributed by atoms with Crippen LogP contribution in [-0.2, 0) is 6.42 Å². The predicted octanol–water partition coefficient (Wildman–Crippen LogP) is 2.31. The lowest BCUT2D eigenvalue weighted by Crippen LogP contribution is -2.17. The topological polar surface area (TPSA) is 103 Å². The summed E-state index contributed by atoms with van der Waals surface area (Å²) in [6, 6.07) is 12.3. The van der Waals surface area contributed by atoms with Gasteiger partial charge in [0.2, 0.25) is 5.82 Å². The van der Waals surface area contributed by atoms with Gasteiger partial charge in [0.25, 0.3) is 5.91 Å². The molecule has 7 heteroatoms. The Bertz CT molecular complexity index is 917. The van der Waals surface area contributed by atoms with Gasteiger partial charge >= 0.3 is 0 Å². The number of primary amides is 1. The number of nitrogens with two attached hydrogens (primary N) is 1. The van der Waals surface area contributed by atoms with Crippen LogP contribution in [0.5, 0.6) is 11.5 Å². The number of phenolic OH excluding ortho intramolecular Hbond substituents is 1. The van der Waals surface area contributed by atoms with Crippen molar-refractivity contribution in [1.29, 1.82) is 0 Å². The van der Waals surface area contributed by atoms with E-state index in [1.807, 2.05) is 13.0 Å². The molecule has 3 rings (SSSR count). The SMILES string of the molecule is CCc1cc(-c2nnc(C(N)=O)n2-c2ccc(OC)cc2)ccc1O. The highest BCUT2D eigenvalue weighted by Gasteiger charge is 2.20. The van der Waals surface area contributed by atoms with E-state index in [9.17, 15) is 9.90 Å². The van der Waals surface area contributed by atoms with Crippen LogP contribution in [0.25, 0.3) is 17.1 Å². The van der Waals surface area contributed by atoms with Gasteiger partial charge in [-0.25, -0.2) is 0 Å². The molecule has 0 aliphatic heterocycles. The summed E-state index contributed by atoms with van der Waals surface area (Å²) in [7, 11) is 1.58. The van der Waals surface area contributed by atoms with Crippen LogP contribution < -0.4 is 10.5 Å². The van der Waals surface area contributed by atoms with E-state index in [4.69, 9.17) is 10.5 Å². The van der Waals surface area contributed by atoms with Crippen LogP contribution in [0.3, 0.4) is 0 Å². The number of aromatic nitrogens is 3. The van der Waals surface area contributed by atoms with Crippen LogP contribution in [0.4, 0.5) is 0 Å². The van der Waals surface area contributed by atoms with Gasteiger partial charge in [0.15, 0.2) is 5.82 Å². The van der Waals surface area contributed by atoms with E-state index in [0.29, 0.717) is 23.7 Å². The third kappa shape index (κ3) is 3.03. The standard InChI is InChI=1S/C18H18N4O3/c1-3-11-10-12(4-9-15(11)23)17-20-21-18(16(19)24)22(17)13-5-7-14(25-2)8-6-13/h4-10,23H,3H2,1-2H3,(H2,19,24). The number of carbonyl (C=O) groups is 1. The van der Waals surface area contributed by atoms with E-state index in [2.05, 4.69) is 10.2 Å². The van der Waals surface area contributed by atoms with E-state index < -0.39 is 5.91 Å². The van der Waals surface area contributed by atoms with Crippen molar-refractivity contribution < 1.29 is 14.6 Å². The quantitative estimate of drug-likeness (QED) is 0.743. The van der Waals surface area contributed by atoms with Crippen molar-refractivity contribution in [2.45, 2.75) is 13.3 Å². The second-order valence-electron chi connectivity index (χ2n) is 5.44. The molecule has 0 unspecified atom stereocenters. The third-order valence-electron chi connectivity index (χ3n) is 3.93. The normalized spacial score (nSPS) is 10.6. The molecule has 7 nitrogen and oxygen atoms in total. The molecule has 3 aromatic rings. The number of hydrogen-bond donors (Lipinski definition) is 2. The fourth-order valence-corrected chi connectivity index (χ4v) is 2.61. The van der Waals surface area contributed by atoms with Crippen molar-refractivity contribution in [2.24, 2.45) is 5.73 Å². The zero-order chi connectivity index (χ0) is 18.0. The number of nitrogens with zero attached hydrogens (tertiary/aromatic N) is 3. The minimum absolute atomic E-state index is 0.0336. The molecule has 1 heterocycles. The fraction of sp³-hybridized carbons (Fsp3) is 0.167. The number of phenols is 1. The highest BCUT2D eigenvalue weighted by molar-refractivity contribution is 5.90. The van der Waals surface area contributed by atoms with E-state index in [0.717, 1.165) is 11.1 Å². The number of aryl methyl sites for hydroxylation is 1. The number of amides is 1. The molecular formula is C18H18N4O3. The highest BCUT2D eigenvalue weighted by atomic mass is 16.5. The number of ether oxygens (including phenoxy) is 1. The number of benzene rings is 2. The van der Waals surface area contributed by atoms with Crippen molar-refractivity contribution in [2.75, 3.05) is 7.11 Å². The Morgan fingerprint density at radius 3 is 2.52 bits per heavy atom. The maximum absolute atomic E-state index is 11.8. The maximum Gasteiger partial charge on any atom is 0.287 e. The Labute approximate surface area is 144 Å². The second-order valence-corrected chi connectivity index (χ2v) is 5.44. The summed E-state index contributed by atoms with van der Waals surface area (Å²) in [5, 5.41) is 18.0. The molecule has 0 atom stereocenters. The van der Waals surface area contributed by atoms with Gasteiger partial charge in [-0.1, -0.05) is 6.92 Å². The van der Waals surface area contributed by atoms with Gasteiger partial charge in [-0.05, 0) is 54.4 Å². The van der Waals surface area contributed by atoms with Crippen molar-refractivity contribution >= 4 is 5.91 Å². The molecule has 0 saturated carbocycles. The largest absolute Gasteiger partial charge is 0.508 e. The summed E-state index contributed by atoms with van der Waals surface area (Å²) in [4.78, 5) is 11.8. The van der Waals surface area contributed by atoms with Gasteiger partial charge in [-0.3, -0.25) is 9.36 Å². The molecule has 0 aliphatic rings. The summed E-state index contributed by atoms with van der Waals surface area (Å²) >= 11 is 0. The lowest BCUT2D eigenvalue weighted by atomic mass is 10.1. The van der Waals surface area contributed by atoms with E-state index in [-0.39, 0.29) is 11.6 Å². The molecule has 0 saturated heterocycles. The number of aromatic hydroxyl groups is 1. The smallest absolute Gasteiger partial charge is 0.287 e. The minimum Gasteiger partial charge on any atom is -0.508 e. The molecule has 0 bridgehead atoms. The molecule has 0 fully saturated rings. The Kier molecular flexibility index (Phi) is 4.38. The number of hydrogen-bond acceptors (Lipinski definition) is 5. The van der Waals surface area contributed by atoms with E-state index >= 15 is 0 Å². The Morgan fingerprint density at radius 2 is 1.92 bits per heavy atom. The number of carbonyl (C=O) groups excluding carboxylic acids is 1. The van der Waals surface area contributed by atoms with Gasteiger partial charge in [0.1, 0.15) is 11.5 Å². The summed E-state index contributed by atoms with van der Waals surface area (Å²) in [5.74, 6) is 0.734. The van der Waals surface area contributed by atoms with Gasteiger partial charge in [0.05, 0.1) is 7.11 Å². The first-order chi connectivity index (χ1) is 12.0. The molecular weight excluding hydrogens is 320 g/mol. The van der Waals surface area contributed by atoms with Crippen LogP contribution in [0.1, 0.15) is 23.1 Å². The summed E-state index contributed by atoms with van der Waals surface area (Å²) in [6.07, 6.45) is 0.666. The molecule has 128 valence electrons. The van der Waals surface area contributed by atoms with Crippen LogP contribution in [0, 0.1) is 0 Å². The van der Waals surface area contributed by atoms with Crippen LogP contribution in [-0.4, -0.2) is 32.9 Å². The first kappa shape index (κ1) is 16.5. The molecule has 0 radical (unpaired) electrons. The lowest BCUT2D eigenvalue weighted by molar-refractivity contribution is 0.0988. The summed E-state index contributed by atoms with van der Waals surface area (Å²) in [5.41, 5.74) is 7.64. The number of methoxy groups -OCH3 is 1. The first-order valence-electron chi connectivity index (χ1n) is 7.77. The van der Waals surface area contributed by atoms with Gasteiger partial charge < -0.3 is 15.6 Å². The molecule has 25 heavy (non-hydrogen) atoms. The first-order valence-corrected chi connectivity index (χ1v) is 7.77. The molecule has 3 N–H and O–H groups in total. The van der Waals surface area contributed by atoms with Crippen molar-refractivity contribution in [1.82, 2.24) is 14.8 Å². The van der Waals surface area contributed by atoms with Crippen molar-refractivity contribution in [3.05, 3.63) is 53.9 Å². The second kappa shape index (κ2) is 6.64. The third-order valence-corrected chi connectivity index (χ3v) is 3.93. The number of rotatable bonds is 5. The zero-order valence-corrected chi connectivity index (χ0v) is 13.9. The molecule has 2 aromatic carbocycles. The average molecular weight is 338 g/mol. The van der Waals surface area contributed by atoms with Crippen LogP contribution in [0.2, 0.25) is 0 Å². The molecule has 1 aromatic heterocycles. The monoisotopic (exact) mass is 338 g/mol. The van der Waals surface area contributed by atoms with Crippen molar-refractivity contribution in [3.8, 4) is 28.6 Å². The predicted molar refractivity (Wildman–Crippen MR) is 92.9 cm³/mol. The van der Waals surface area contributed by atoms with Crippen molar-refractivity contribution in [3.63, 3.8) is 0 Å². The summed E-state index contributed by atoms with van der Waals surface area (Å²) < 4.78 is 6.75. The highest BCUT2D eigenvalue weighted by Crippen LogP contribution is 2.28. The molecule has 1 amide bonds. The average Bonchev–Trinajstić information content (AvgIpc) is 3.07. The summed E-state index contributed by atoms with van der Waals surface area (Å²) in [6.45, 7) is 1.95. The van der Waals surface area contributed by atoms with Crippen LogP contribution in [0.15, 0.2) is 42.5 Å². The Hall–Kier alpha value is -3.35. The molecule has 0 spiro atoms. The Morgan fingerprint density at radius 1 is 1.20 bits per heavy atom.